The monoisotopic (exact) mass is 287 g/mol. The molecule has 0 bridgehead atoms. The van der Waals surface area contributed by atoms with Crippen LogP contribution in [-0.4, -0.2) is 20.6 Å². The zero-order valence-electron chi connectivity index (χ0n) is 8.67. The predicted octanol–water partition coefficient (Wildman–Crippen LogP) is 3.78. The van der Waals surface area contributed by atoms with Crippen molar-refractivity contribution >= 4 is 39.6 Å². The van der Waals surface area contributed by atoms with Crippen molar-refractivity contribution in [1.29, 1.82) is 0 Å². The fourth-order valence-corrected chi connectivity index (χ4v) is 1.78. The average molecular weight is 288 g/mol. The Kier molecular flexibility index (Phi) is 4.69. The average Bonchev–Trinajstić information content (AvgIpc) is 2.51. The van der Waals surface area contributed by atoms with Crippen LogP contribution in [-0.2, 0) is 0 Å². The summed E-state index contributed by atoms with van der Waals surface area (Å²) in [6.45, 7) is 4.25. The van der Waals surface area contributed by atoms with E-state index in [1.807, 2.05) is 15.7 Å². The summed E-state index contributed by atoms with van der Waals surface area (Å²) < 4.78 is 14.8. The number of benzene rings is 1. The van der Waals surface area contributed by atoms with Gasteiger partial charge in [-0.1, -0.05) is 20.3 Å². The van der Waals surface area contributed by atoms with E-state index >= 15 is 0 Å². The molecule has 0 fully saturated rings. The molecule has 1 aromatic carbocycles. The van der Waals surface area contributed by atoms with Crippen molar-refractivity contribution in [2.24, 2.45) is 0 Å². The minimum absolute atomic E-state index is 0.161. The van der Waals surface area contributed by atoms with Gasteiger partial charge in [-0.2, -0.15) is 0 Å². The summed E-state index contributed by atoms with van der Waals surface area (Å²) in [5.74, 6) is -0.372. The quantitative estimate of drug-likeness (QED) is 0.650. The van der Waals surface area contributed by atoms with Gasteiger partial charge in [-0.15, -0.1) is 0 Å². The summed E-state index contributed by atoms with van der Waals surface area (Å²) in [5, 5.41) is 1.02. The van der Waals surface area contributed by atoms with E-state index in [9.17, 15) is 4.39 Å². The number of aromatic nitrogens is 1. The Morgan fingerprint density at radius 1 is 1.40 bits per heavy atom. The van der Waals surface area contributed by atoms with Gasteiger partial charge in [0.1, 0.15) is 0 Å². The number of hydrogen-bond acceptors (Lipinski definition) is 0. The molecule has 4 heteroatoms. The summed E-state index contributed by atoms with van der Waals surface area (Å²) >= 11 is 7.97. The van der Waals surface area contributed by atoms with Crippen LogP contribution in [0.3, 0.4) is 0 Å². The molecule has 0 amide bonds. The summed E-state index contributed by atoms with van der Waals surface area (Å²) in [4.78, 5) is 0. The van der Waals surface area contributed by atoms with Gasteiger partial charge in [-0.3, -0.25) is 0 Å². The summed E-state index contributed by atoms with van der Waals surface area (Å²) in [7, 11) is 0. The number of fused-ring (bicyclic) bond motifs is 1. The Bertz CT molecular complexity index is 453. The SMILES string of the molecule is CCC.Fc1cc2ccn([As])c2cc1Cl. The van der Waals surface area contributed by atoms with E-state index in [-0.39, 0.29) is 10.8 Å². The first-order valence-electron chi connectivity index (χ1n) is 4.75. The minimum atomic E-state index is -0.372. The Labute approximate surface area is 103 Å². The molecule has 2 radical (unpaired) electrons. The number of halogens is 2. The molecule has 0 atom stereocenters. The molecule has 0 aliphatic heterocycles. The van der Waals surface area contributed by atoms with Gasteiger partial charge < -0.3 is 0 Å². The Balaban J connectivity index is 0.000000337. The van der Waals surface area contributed by atoms with Crippen molar-refractivity contribution in [2.45, 2.75) is 20.3 Å². The van der Waals surface area contributed by atoms with Crippen LogP contribution in [0.15, 0.2) is 24.4 Å². The van der Waals surface area contributed by atoms with Gasteiger partial charge in [0, 0.05) is 0 Å². The molecule has 0 spiro atoms. The molecule has 0 saturated heterocycles. The van der Waals surface area contributed by atoms with E-state index in [0.717, 1.165) is 10.9 Å². The van der Waals surface area contributed by atoms with Crippen molar-refractivity contribution in [1.82, 2.24) is 3.48 Å². The van der Waals surface area contributed by atoms with Crippen molar-refractivity contribution in [3.05, 3.63) is 35.2 Å². The van der Waals surface area contributed by atoms with Crippen LogP contribution in [0.25, 0.3) is 10.9 Å². The molecule has 80 valence electrons. The summed E-state index contributed by atoms with van der Waals surface area (Å²) in [6.07, 6.45) is 3.10. The van der Waals surface area contributed by atoms with Crippen LogP contribution < -0.4 is 0 Å². The Morgan fingerprint density at radius 2 is 2.00 bits per heavy atom. The first-order chi connectivity index (χ1) is 7.10. The van der Waals surface area contributed by atoms with Crippen LogP contribution in [0.2, 0.25) is 5.02 Å². The van der Waals surface area contributed by atoms with Crippen molar-refractivity contribution < 1.29 is 4.39 Å². The fraction of sp³-hybridized carbons (Fsp3) is 0.273. The van der Waals surface area contributed by atoms with E-state index in [1.165, 1.54) is 12.5 Å². The number of hydrogen-bond donors (Lipinski definition) is 0. The Morgan fingerprint density at radius 3 is 2.60 bits per heavy atom. The zero-order valence-corrected chi connectivity index (χ0v) is 11.3. The Hall–Kier alpha value is -0.462. The van der Waals surface area contributed by atoms with Crippen LogP contribution >= 0.6 is 11.6 Å². The molecule has 15 heavy (non-hydrogen) atoms. The molecule has 1 nitrogen and oxygen atoms in total. The third-order valence-electron chi connectivity index (χ3n) is 1.71. The zero-order chi connectivity index (χ0) is 11.4. The van der Waals surface area contributed by atoms with Crippen LogP contribution in [0.4, 0.5) is 4.39 Å². The van der Waals surface area contributed by atoms with Gasteiger partial charge in [0.2, 0.25) is 0 Å². The molecule has 0 N–H and O–H groups in total. The van der Waals surface area contributed by atoms with Crippen molar-refractivity contribution in [3.8, 4) is 0 Å². The van der Waals surface area contributed by atoms with Gasteiger partial charge in [-0.05, 0) is 0 Å². The van der Waals surface area contributed by atoms with Crippen molar-refractivity contribution in [2.75, 3.05) is 0 Å². The van der Waals surface area contributed by atoms with Gasteiger partial charge in [0.25, 0.3) is 0 Å². The molecule has 2 aromatic rings. The van der Waals surface area contributed by atoms with E-state index in [4.69, 9.17) is 11.6 Å². The van der Waals surface area contributed by atoms with E-state index in [1.54, 1.807) is 6.07 Å². The first-order valence-corrected chi connectivity index (χ1v) is 5.97. The predicted molar refractivity (Wildman–Crippen MR) is 64.0 cm³/mol. The topological polar surface area (TPSA) is 4.93 Å². The second-order valence-corrected chi connectivity index (χ2v) is 4.50. The van der Waals surface area contributed by atoms with Crippen LogP contribution in [0, 0.1) is 5.82 Å². The molecular formula is C11H12AsClFN. The molecule has 1 aromatic heterocycles. The summed E-state index contributed by atoms with van der Waals surface area (Å²) in [6, 6.07) is 4.89. The maximum absolute atomic E-state index is 12.9. The van der Waals surface area contributed by atoms with E-state index < -0.39 is 0 Å². The van der Waals surface area contributed by atoms with Gasteiger partial charge >= 0.3 is 82.7 Å². The van der Waals surface area contributed by atoms with Gasteiger partial charge in [-0.25, -0.2) is 0 Å². The van der Waals surface area contributed by atoms with Crippen molar-refractivity contribution in [3.63, 3.8) is 0 Å². The molecule has 0 saturated carbocycles. The number of nitrogens with zero attached hydrogens (tertiary/aromatic N) is 1. The first kappa shape index (κ1) is 12.6. The molecule has 2 rings (SSSR count). The molecule has 1 heterocycles. The standard InChI is InChI=1S/C8H4AsClFN.C3H8/c9-12-2-1-5-3-7(11)6(10)4-8(5)12;1-3-2/h1-4H;3H2,1-2H3. The third kappa shape index (κ3) is 2.99. The number of rotatable bonds is 0. The molecular weight excluding hydrogens is 276 g/mol. The second-order valence-electron chi connectivity index (χ2n) is 3.19. The van der Waals surface area contributed by atoms with E-state index in [0.29, 0.717) is 0 Å². The molecule has 0 aliphatic rings. The molecule has 0 aliphatic carbocycles. The van der Waals surface area contributed by atoms with Crippen LogP contribution in [0.5, 0.6) is 0 Å². The normalized spacial score (nSPS) is 9.93. The van der Waals surface area contributed by atoms with Gasteiger partial charge in [0.15, 0.2) is 0 Å². The summed E-state index contributed by atoms with van der Waals surface area (Å²) in [5.41, 5.74) is 0.918. The van der Waals surface area contributed by atoms with Gasteiger partial charge in [0.05, 0.1) is 0 Å². The van der Waals surface area contributed by atoms with E-state index in [2.05, 4.69) is 30.9 Å². The maximum atomic E-state index is 12.9. The fourth-order valence-electron chi connectivity index (χ4n) is 1.11. The second kappa shape index (κ2) is 5.58. The van der Waals surface area contributed by atoms with Crippen LogP contribution in [0.1, 0.15) is 20.3 Å². The third-order valence-corrected chi connectivity index (χ3v) is 2.73. The molecule has 0 unspecified atom stereocenters.